The number of rotatable bonds is 10. The third kappa shape index (κ3) is 5.90. The lowest BCUT2D eigenvalue weighted by Crippen LogP contribution is -2.50. The monoisotopic (exact) mass is 486 g/mol. The van der Waals surface area contributed by atoms with Crippen molar-refractivity contribution in [3.63, 3.8) is 0 Å². The van der Waals surface area contributed by atoms with Crippen LogP contribution in [0.5, 0.6) is 0 Å². The first-order chi connectivity index (χ1) is 16.3. The molecule has 0 aliphatic rings. The highest BCUT2D eigenvalue weighted by atomic mass is 19.1. The maximum absolute atomic E-state index is 15.6. The molecule has 0 saturated carbocycles. The molecule has 3 rings (SSSR count). The number of aromatic nitrogens is 3. The molecule has 0 aliphatic heterocycles. The molecular formula is C24H28F2N6O3. The van der Waals surface area contributed by atoms with E-state index in [0.29, 0.717) is 16.8 Å². The van der Waals surface area contributed by atoms with Gasteiger partial charge in [0.2, 0.25) is 0 Å². The Morgan fingerprint density at radius 3 is 2.51 bits per heavy atom. The highest BCUT2D eigenvalue weighted by Crippen LogP contribution is 2.27. The van der Waals surface area contributed by atoms with Crippen molar-refractivity contribution < 1.29 is 23.8 Å². The molecule has 1 amide bonds. The second-order valence-electron chi connectivity index (χ2n) is 9.30. The number of carbonyl (C=O) groups is 1. The predicted molar refractivity (Wildman–Crippen MR) is 125 cm³/mol. The first-order valence-corrected chi connectivity index (χ1v) is 10.9. The summed E-state index contributed by atoms with van der Waals surface area (Å²) in [5.74, 6) is -0.832. The van der Waals surface area contributed by atoms with E-state index >= 15 is 4.39 Å². The molecule has 0 spiro atoms. The molecule has 3 heterocycles. The van der Waals surface area contributed by atoms with E-state index < -0.39 is 42.5 Å². The second-order valence-corrected chi connectivity index (χ2v) is 9.30. The summed E-state index contributed by atoms with van der Waals surface area (Å²) >= 11 is 0. The summed E-state index contributed by atoms with van der Waals surface area (Å²) in [7, 11) is 0. The van der Waals surface area contributed by atoms with E-state index in [1.54, 1.807) is 18.2 Å². The van der Waals surface area contributed by atoms with Gasteiger partial charge in [-0.25, -0.2) is 13.3 Å². The summed E-state index contributed by atoms with van der Waals surface area (Å²) in [5, 5.41) is 34.3. The van der Waals surface area contributed by atoms with Gasteiger partial charge in [0.15, 0.2) is 0 Å². The summed E-state index contributed by atoms with van der Waals surface area (Å²) in [5.41, 5.74) is 3.35. The molecule has 35 heavy (non-hydrogen) atoms. The Balaban J connectivity index is 1.89. The number of nitrogens with two attached hydrogens (primary N) is 1. The maximum atomic E-state index is 15.6. The van der Waals surface area contributed by atoms with Crippen LogP contribution < -0.4 is 10.6 Å². The van der Waals surface area contributed by atoms with Gasteiger partial charge in [-0.2, -0.15) is 10.4 Å². The third-order valence-corrected chi connectivity index (χ3v) is 5.85. The van der Waals surface area contributed by atoms with Crippen LogP contribution in [0, 0.1) is 11.3 Å². The number of hydrogen-bond donors (Lipinski definition) is 3. The van der Waals surface area contributed by atoms with Crippen molar-refractivity contribution in [1.29, 1.82) is 5.26 Å². The van der Waals surface area contributed by atoms with Crippen LogP contribution in [0.15, 0.2) is 42.9 Å². The smallest absolute Gasteiger partial charge is 0.252 e. The molecular weight excluding hydrogens is 458 g/mol. The largest absolute Gasteiger partial charge is 0.387 e. The Labute approximate surface area is 201 Å². The van der Waals surface area contributed by atoms with Gasteiger partial charge in [0, 0.05) is 24.5 Å². The molecule has 4 N–H and O–H groups in total. The Morgan fingerprint density at radius 1 is 1.20 bits per heavy atom. The van der Waals surface area contributed by atoms with Gasteiger partial charge in [-0.05, 0) is 45.0 Å². The normalized spacial score (nSPS) is 15.3. The SMILES string of the molecule is CC(C)(O)[C@H](F)CN(C[C@@H](F)C(C)(O)Cc1ccc2cc(C#N)cnn12)c1ccncc1C(N)=O. The fourth-order valence-corrected chi connectivity index (χ4v) is 3.66. The average molecular weight is 487 g/mol. The van der Waals surface area contributed by atoms with Gasteiger partial charge in [0.05, 0.1) is 47.2 Å². The molecule has 0 saturated heterocycles. The van der Waals surface area contributed by atoms with Crippen molar-refractivity contribution in [2.75, 3.05) is 18.0 Å². The van der Waals surface area contributed by atoms with Gasteiger partial charge in [-0.3, -0.25) is 9.78 Å². The van der Waals surface area contributed by atoms with E-state index in [1.807, 2.05) is 6.07 Å². The minimum atomic E-state index is -1.91. The van der Waals surface area contributed by atoms with Crippen molar-refractivity contribution in [3.8, 4) is 6.07 Å². The van der Waals surface area contributed by atoms with Gasteiger partial charge in [-0.1, -0.05) is 0 Å². The van der Waals surface area contributed by atoms with Crippen molar-refractivity contribution in [2.45, 2.75) is 50.7 Å². The quantitative estimate of drug-likeness (QED) is 0.398. The average Bonchev–Trinajstić information content (AvgIpc) is 3.18. The number of fused-ring (bicyclic) bond motifs is 1. The van der Waals surface area contributed by atoms with Crippen LogP contribution >= 0.6 is 0 Å². The number of hydrogen-bond acceptors (Lipinski definition) is 7. The molecule has 3 aromatic rings. The standard InChI is InChI=1S/C24H28F2N6O3/c1-23(2,34)20(25)13-31(19-6-7-29-12-18(19)22(28)33)14-21(26)24(3,35)9-17-5-4-16-8-15(10-27)11-30-32(16)17/h4-8,11-12,20-21,34-35H,9,13-14H2,1-3H3,(H2,28,33)/t20-,21-,24?/m1/s1. The number of primary amides is 1. The zero-order valence-corrected chi connectivity index (χ0v) is 19.7. The molecule has 3 aromatic heterocycles. The number of pyridine rings is 1. The van der Waals surface area contributed by atoms with Crippen LogP contribution in [0.2, 0.25) is 0 Å². The fourth-order valence-electron chi connectivity index (χ4n) is 3.66. The summed E-state index contributed by atoms with van der Waals surface area (Å²) in [6, 6.07) is 8.38. The van der Waals surface area contributed by atoms with Crippen LogP contribution in [0.4, 0.5) is 14.5 Å². The van der Waals surface area contributed by atoms with E-state index in [-0.39, 0.29) is 17.7 Å². The molecule has 0 fully saturated rings. The summed E-state index contributed by atoms with van der Waals surface area (Å²) < 4.78 is 31.9. The maximum Gasteiger partial charge on any atom is 0.252 e. The first kappa shape index (κ1) is 26.0. The summed E-state index contributed by atoms with van der Waals surface area (Å²) in [6.07, 6.45) is 0.0638. The van der Waals surface area contributed by atoms with Crippen LogP contribution in [-0.4, -0.2) is 67.4 Å². The molecule has 1 unspecified atom stereocenters. The van der Waals surface area contributed by atoms with Gasteiger partial charge in [-0.15, -0.1) is 0 Å². The molecule has 0 bridgehead atoms. The number of alkyl halides is 2. The van der Waals surface area contributed by atoms with Gasteiger partial charge < -0.3 is 20.8 Å². The van der Waals surface area contributed by atoms with Crippen LogP contribution in [0.3, 0.4) is 0 Å². The molecule has 0 aliphatic carbocycles. The zero-order chi connectivity index (χ0) is 26.0. The molecule has 0 radical (unpaired) electrons. The number of halogens is 2. The van der Waals surface area contributed by atoms with Crippen molar-refractivity contribution in [3.05, 3.63) is 59.7 Å². The predicted octanol–water partition coefficient (Wildman–Crippen LogP) is 1.95. The van der Waals surface area contributed by atoms with Crippen LogP contribution in [-0.2, 0) is 6.42 Å². The highest BCUT2D eigenvalue weighted by molar-refractivity contribution is 5.98. The summed E-state index contributed by atoms with van der Waals surface area (Å²) in [4.78, 5) is 17.0. The lowest BCUT2D eigenvalue weighted by molar-refractivity contribution is -0.0204. The van der Waals surface area contributed by atoms with Gasteiger partial charge >= 0.3 is 0 Å². The number of nitriles is 1. The molecule has 9 nitrogen and oxygen atoms in total. The molecule has 0 aromatic carbocycles. The van der Waals surface area contributed by atoms with E-state index in [2.05, 4.69) is 10.1 Å². The van der Waals surface area contributed by atoms with Crippen molar-refractivity contribution >= 4 is 17.1 Å². The molecule has 11 heteroatoms. The lowest BCUT2D eigenvalue weighted by Gasteiger charge is -2.36. The molecule has 186 valence electrons. The first-order valence-electron chi connectivity index (χ1n) is 10.9. The number of aliphatic hydroxyl groups is 2. The summed E-state index contributed by atoms with van der Waals surface area (Å²) in [6.45, 7) is 2.91. The van der Waals surface area contributed by atoms with E-state index in [1.165, 1.54) is 54.8 Å². The van der Waals surface area contributed by atoms with Crippen LogP contribution in [0.25, 0.3) is 5.52 Å². The highest BCUT2D eigenvalue weighted by Gasteiger charge is 2.37. The minimum absolute atomic E-state index is 0.0441. The Hall–Kier alpha value is -3.62. The van der Waals surface area contributed by atoms with Gasteiger partial charge in [0.25, 0.3) is 5.91 Å². The topological polar surface area (TPSA) is 141 Å². The number of nitrogens with zero attached hydrogens (tertiary/aromatic N) is 5. The van der Waals surface area contributed by atoms with E-state index in [9.17, 15) is 19.4 Å². The molecule has 3 atom stereocenters. The van der Waals surface area contributed by atoms with Crippen molar-refractivity contribution in [2.24, 2.45) is 5.73 Å². The Morgan fingerprint density at radius 2 is 1.89 bits per heavy atom. The van der Waals surface area contributed by atoms with Crippen molar-refractivity contribution in [1.82, 2.24) is 14.6 Å². The third-order valence-electron chi connectivity index (χ3n) is 5.85. The van der Waals surface area contributed by atoms with E-state index in [4.69, 9.17) is 11.0 Å². The Kier molecular flexibility index (Phi) is 7.38. The van der Waals surface area contributed by atoms with E-state index in [0.717, 1.165) is 0 Å². The number of carbonyl (C=O) groups excluding carboxylic acids is 1. The number of amides is 1. The lowest BCUT2D eigenvalue weighted by atomic mass is 9.93. The zero-order valence-electron chi connectivity index (χ0n) is 19.7. The second kappa shape index (κ2) is 9.93. The fraction of sp³-hybridized carbons (Fsp3) is 0.417. The Bertz CT molecular complexity index is 1250. The van der Waals surface area contributed by atoms with Gasteiger partial charge in [0.1, 0.15) is 24.0 Å². The van der Waals surface area contributed by atoms with Crippen LogP contribution in [0.1, 0.15) is 42.4 Å². The minimum Gasteiger partial charge on any atom is -0.387 e. The number of anilines is 1.